The normalized spacial score (nSPS) is 16.5. The Hall–Kier alpha value is -2.99. The van der Waals surface area contributed by atoms with E-state index in [2.05, 4.69) is 5.16 Å². The Bertz CT molecular complexity index is 1220. The van der Waals surface area contributed by atoms with Crippen LogP contribution in [0.15, 0.2) is 59.1 Å². The Morgan fingerprint density at radius 3 is 2.90 bits per heavy atom. The summed E-state index contributed by atoms with van der Waals surface area (Å²) in [6.07, 6.45) is 1.80. The lowest BCUT2D eigenvalue weighted by Gasteiger charge is -2.16. The van der Waals surface area contributed by atoms with Gasteiger partial charge >= 0.3 is 0 Å². The zero-order valence-electron chi connectivity index (χ0n) is 16.6. The second-order valence-corrected chi connectivity index (χ2v) is 8.97. The van der Waals surface area contributed by atoms with Gasteiger partial charge in [0.25, 0.3) is 5.91 Å². The van der Waals surface area contributed by atoms with E-state index < -0.39 is 0 Å². The molecule has 1 amide bonds. The fraction of sp³-hybridized carbons (Fsp3) is 0.250. The van der Waals surface area contributed by atoms with Gasteiger partial charge in [0, 0.05) is 35.0 Å². The predicted octanol–water partition coefficient (Wildman–Crippen LogP) is 5.95. The van der Waals surface area contributed by atoms with E-state index >= 15 is 0 Å². The molecule has 1 saturated heterocycles. The number of benzene rings is 2. The summed E-state index contributed by atoms with van der Waals surface area (Å²) in [5.41, 5.74) is 2.02. The summed E-state index contributed by atoms with van der Waals surface area (Å²) < 4.78 is 20.3. The number of carbonyl (C=O) groups excluding carboxylic acids is 1. The number of amides is 1. The molecule has 2 aromatic carbocycles. The zero-order chi connectivity index (χ0) is 20.7. The quantitative estimate of drug-likeness (QED) is 0.408. The molecule has 1 aliphatic rings. The summed E-state index contributed by atoms with van der Waals surface area (Å²) in [5, 5.41) is 4.83. The van der Waals surface area contributed by atoms with Crippen LogP contribution >= 0.6 is 11.3 Å². The van der Waals surface area contributed by atoms with Gasteiger partial charge in [0.15, 0.2) is 0 Å². The van der Waals surface area contributed by atoms with Crippen molar-refractivity contribution >= 4 is 27.3 Å². The average Bonchev–Trinajstić information content (AvgIpc) is 3.47. The van der Waals surface area contributed by atoms with Crippen LogP contribution < -0.4 is 0 Å². The Labute approximate surface area is 179 Å². The van der Waals surface area contributed by atoms with Crippen molar-refractivity contribution in [3.63, 3.8) is 0 Å². The van der Waals surface area contributed by atoms with E-state index in [1.54, 1.807) is 24.3 Å². The van der Waals surface area contributed by atoms with Crippen LogP contribution in [0.2, 0.25) is 0 Å². The molecule has 0 bridgehead atoms. The molecular weight excluding hydrogens is 399 g/mol. The number of halogens is 1. The summed E-state index contributed by atoms with van der Waals surface area (Å²) in [7, 11) is 0. The van der Waals surface area contributed by atoms with Crippen LogP contribution in [0.25, 0.3) is 21.3 Å². The maximum absolute atomic E-state index is 14.0. The standard InChI is InChI=1S/C24H21FN2O2S.H2/c1-15-22(23(26-29-15)17-6-3-2-4-7-17)24(28)27-11-10-16(14-27)12-18-13-19-20(25)8-5-9-21(19)30-18;/h2-9,13,16H,10-12,14H2,1H3;1H/t16-;/m0./s1. The molecular formula is C24H23FN2O2S. The SMILES string of the molecule is Cc1onc(-c2ccccc2)c1C(=O)N1CC[C@@H](Cc2cc3c(F)cccc3s2)C1.[HH]. The molecule has 0 unspecified atom stereocenters. The molecule has 4 nitrogen and oxygen atoms in total. The highest BCUT2D eigenvalue weighted by Crippen LogP contribution is 2.33. The van der Waals surface area contributed by atoms with E-state index in [9.17, 15) is 9.18 Å². The lowest BCUT2D eigenvalue weighted by molar-refractivity contribution is 0.0786. The maximum Gasteiger partial charge on any atom is 0.259 e. The van der Waals surface area contributed by atoms with Crippen LogP contribution in [-0.2, 0) is 6.42 Å². The molecule has 30 heavy (non-hydrogen) atoms. The minimum absolute atomic E-state index is 0. The number of fused-ring (bicyclic) bond motifs is 1. The highest BCUT2D eigenvalue weighted by Gasteiger charge is 2.31. The summed E-state index contributed by atoms with van der Waals surface area (Å²) in [6, 6.07) is 16.8. The van der Waals surface area contributed by atoms with Crippen LogP contribution in [-0.4, -0.2) is 29.1 Å². The van der Waals surface area contributed by atoms with E-state index in [4.69, 9.17) is 4.52 Å². The molecule has 0 saturated carbocycles. The van der Waals surface area contributed by atoms with Crippen molar-refractivity contribution in [2.75, 3.05) is 13.1 Å². The molecule has 3 heterocycles. The van der Waals surface area contributed by atoms with Crippen molar-refractivity contribution < 1.29 is 15.1 Å². The van der Waals surface area contributed by atoms with Crippen LogP contribution in [0.5, 0.6) is 0 Å². The highest BCUT2D eigenvalue weighted by atomic mass is 32.1. The van der Waals surface area contributed by atoms with E-state index in [0.29, 0.717) is 41.4 Å². The van der Waals surface area contributed by atoms with Gasteiger partial charge in [-0.05, 0) is 43.9 Å². The highest BCUT2D eigenvalue weighted by molar-refractivity contribution is 7.19. The summed E-state index contributed by atoms with van der Waals surface area (Å²) in [6.45, 7) is 3.18. The Morgan fingerprint density at radius 2 is 2.10 bits per heavy atom. The monoisotopic (exact) mass is 422 g/mol. The van der Waals surface area contributed by atoms with Crippen LogP contribution in [0.1, 0.15) is 28.8 Å². The number of aromatic nitrogens is 1. The van der Waals surface area contributed by atoms with Gasteiger partial charge in [-0.1, -0.05) is 41.6 Å². The van der Waals surface area contributed by atoms with Crippen molar-refractivity contribution in [2.45, 2.75) is 19.8 Å². The number of hydrogen-bond acceptors (Lipinski definition) is 4. The molecule has 4 aromatic rings. The molecule has 154 valence electrons. The van der Waals surface area contributed by atoms with Gasteiger partial charge in [-0.25, -0.2) is 4.39 Å². The lowest BCUT2D eigenvalue weighted by atomic mass is 10.0. The van der Waals surface area contributed by atoms with Crippen LogP contribution in [0, 0.1) is 18.7 Å². The van der Waals surface area contributed by atoms with Gasteiger partial charge < -0.3 is 9.42 Å². The molecule has 1 atom stereocenters. The first-order valence-corrected chi connectivity index (χ1v) is 10.9. The number of rotatable bonds is 4. The minimum atomic E-state index is -0.172. The van der Waals surface area contributed by atoms with Crippen molar-refractivity contribution in [1.82, 2.24) is 10.1 Å². The van der Waals surface area contributed by atoms with Crippen LogP contribution in [0.3, 0.4) is 0 Å². The first-order valence-electron chi connectivity index (χ1n) is 10.1. The van der Waals surface area contributed by atoms with Gasteiger partial charge in [-0.3, -0.25) is 4.79 Å². The van der Waals surface area contributed by atoms with Gasteiger partial charge in [-0.2, -0.15) is 0 Å². The lowest BCUT2D eigenvalue weighted by Crippen LogP contribution is -2.29. The molecule has 0 N–H and O–H groups in total. The maximum atomic E-state index is 14.0. The van der Waals surface area contributed by atoms with Gasteiger partial charge in [0.1, 0.15) is 22.8 Å². The first-order chi connectivity index (χ1) is 14.6. The zero-order valence-corrected chi connectivity index (χ0v) is 17.4. The summed E-state index contributed by atoms with van der Waals surface area (Å²) in [5.74, 6) is 0.708. The molecule has 5 rings (SSSR count). The molecule has 0 radical (unpaired) electrons. The summed E-state index contributed by atoms with van der Waals surface area (Å²) >= 11 is 1.64. The number of likely N-dealkylation sites (tertiary alicyclic amines) is 1. The number of aryl methyl sites for hydroxylation is 1. The number of hydrogen-bond donors (Lipinski definition) is 0. The van der Waals surface area contributed by atoms with Gasteiger partial charge in [-0.15, -0.1) is 11.3 Å². The van der Waals surface area contributed by atoms with Gasteiger partial charge in [0.2, 0.25) is 0 Å². The van der Waals surface area contributed by atoms with Gasteiger partial charge in [0.05, 0.1) is 0 Å². The third kappa shape index (κ3) is 3.41. The Kier molecular flexibility index (Phi) is 4.87. The van der Waals surface area contributed by atoms with Crippen LogP contribution in [0.4, 0.5) is 4.39 Å². The number of carbonyl (C=O) groups is 1. The van der Waals surface area contributed by atoms with E-state index in [1.165, 1.54) is 10.9 Å². The fourth-order valence-electron chi connectivity index (χ4n) is 4.22. The molecule has 2 aromatic heterocycles. The molecule has 0 aliphatic carbocycles. The fourth-order valence-corrected chi connectivity index (χ4v) is 5.41. The van der Waals surface area contributed by atoms with Crippen molar-refractivity contribution in [1.29, 1.82) is 0 Å². The predicted molar refractivity (Wildman–Crippen MR) is 118 cm³/mol. The van der Waals surface area contributed by atoms with Crippen molar-refractivity contribution in [3.8, 4) is 11.3 Å². The smallest absolute Gasteiger partial charge is 0.259 e. The Morgan fingerprint density at radius 1 is 1.27 bits per heavy atom. The summed E-state index contributed by atoms with van der Waals surface area (Å²) in [4.78, 5) is 16.3. The molecule has 1 aliphatic heterocycles. The molecule has 0 spiro atoms. The molecule has 6 heteroatoms. The Balaban J connectivity index is 0.00000231. The molecule has 1 fully saturated rings. The van der Waals surface area contributed by atoms with E-state index in [-0.39, 0.29) is 13.2 Å². The van der Waals surface area contributed by atoms with E-state index in [1.807, 2.05) is 47.4 Å². The second-order valence-electron chi connectivity index (χ2n) is 7.80. The minimum Gasteiger partial charge on any atom is -0.360 e. The third-order valence-corrected chi connectivity index (χ3v) is 6.87. The topological polar surface area (TPSA) is 46.3 Å². The van der Waals surface area contributed by atoms with E-state index in [0.717, 1.165) is 23.1 Å². The van der Waals surface area contributed by atoms with Crippen molar-refractivity contribution in [3.05, 3.63) is 76.6 Å². The first kappa shape index (κ1) is 19.0. The average molecular weight is 423 g/mol. The number of nitrogens with zero attached hydrogens (tertiary/aromatic N) is 2. The largest absolute Gasteiger partial charge is 0.360 e. The van der Waals surface area contributed by atoms with Crippen molar-refractivity contribution in [2.24, 2.45) is 5.92 Å². The number of thiophene rings is 1. The third-order valence-electron chi connectivity index (χ3n) is 5.75. The second kappa shape index (κ2) is 7.69.